The minimum Gasteiger partial charge on any atom is -0.371 e. The number of carbonyl (C=O) groups excluding carboxylic acids is 1. The van der Waals surface area contributed by atoms with Gasteiger partial charge in [0.05, 0.1) is 10.6 Å². The number of amides is 1. The topological polar surface area (TPSA) is 32.3 Å². The number of halogens is 2. The number of rotatable bonds is 3. The molecule has 1 amide bonds. The van der Waals surface area contributed by atoms with Gasteiger partial charge >= 0.3 is 0 Å². The summed E-state index contributed by atoms with van der Waals surface area (Å²) in [6, 6.07) is 9.61. The van der Waals surface area contributed by atoms with E-state index in [4.69, 9.17) is 11.6 Å². The van der Waals surface area contributed by atoms with E-state index in [0.717, 1.165) is 24.7 Å². The summed E-state index contributed by atoms with van der Waals surface area (Å²) in [4.78, 5) is 14.6. The van der Waals surface area contributed by atoms with Crippen LogP contribution in [-0.4, -0.2) is 19.0 Å². The van der Waals surface area contributed by atoms with Gasteiger partial charge in [0, 0.05) is 24.5 Å². The summed E-state index contributed by atoms with van der Waals surface area (Å²) in [6.45, 7) is 4.20. The molecule has 1 aliphatic rings. The monoisotopic (exact) mass is 332 g/mol. The molecule has 0 bridgehead atoms. The molecule has 3 nitrogen and oxygen atoms in total. The Bertz CT molecular complexity index is 742. The van der Waals surface area contributed by atoms with Crippen molar-refractivity contribution < 1.29 is 9.18 Å². The zero-order valence-electron chi connectivity index (χ0n) is 12.9. The standard InChI is InChI=1S/C18H18ClFN2O/c1-12-10-14(5-7-17(12)22-8-2-3-9-22)21-18(23)15-6-4-13(20)11-16(15)19/h4-7,10-11H,2-3,8-9H2,1H3,(H,21,23). The smallest absolute Gasteiger partial charge is 0.257 e. The molecule has 0 aromatic heterocycles. The molecule has 5 heteroatoms. The van der Waals surface area contributed by atoms with Crippen LogP contribution in [0.15, 0.2) is 36.4 Å². The maximum Gasteiger partial charge on any atom is 0.257 e. The first-order valence-corrected chi connectivity index (χ1v) is 8.04. The summed E-state index contributed by atoms with van der Waals surface area (Å²) < 4.78 is 13.1. The Kier molecular flexibility index (Phi) is 4.53. The number of hydrogen-bond acceptors (Lipinski definition) is 2. The van der Waals surface area contributed by atoms with Gasteiger partial charge in [0.2, 0.25) is 0 Å². The highest BCUT2D eigenvalue weighted by Gasteiger charge is 2.15. The van der Waals surface area contributed by atoms with Crippen molar-refractivity contribution in [3.8, 4) is 0 Å². The average molecular weight is 333 g/mol. The second kappa shape index (κ2) is 6.59. The average Bonchev–Trinajstić information content (AvgIpc) is 3.01. The van der Waals surface area contributed by atoms with Gasteiger partial charge in [0.1, 0.15) is 5.82 Å². The Labute approximate surface area is 140 Å². The molecule has 1 fully saturated rings. The number of nitrogens with one attached hydrogen (secondary N) is 1. The fourth-order valence-electron chi connectivity index (χ4n) is 2.92. The molecule has 120 valence electrons. The van der Waals surface area contributed by atoms with Gasteiger partial charge in [-0.25, -0.2) is 4.39 Å². The minimum atomic E-state index is -0.461. The summed E-state index contributed by atoms with van der Waals surface area (Å²) in [7, 11) is 0. The Morgan fingerprint density at radius 3 is 2.57 bits per heavy atom. The number of benzene rings is 2. The van der Waals surface area contributed by atoms with E-state index in [2.05, 4.69) is 10.2 Å². The van der Waals surface area contributed by atoms with E-state index in [9.17, 15) is 9.18 Å². The van der Waals surface area contributed by atoms with Gasteiger partial charge in [0.25, 0.3) is 5.91 Å². The second-order valence-corrected chi connectivity index (χ2v) is 6.18. The molecule has 0 saturated carbocycles. The number of nitrogens with zero attached hydrogens (tertiary/aromatic N) is 1. The van der Waals surface area contributed by atoms with Crippen molar-refractivity contribution in [2.45, 2.75) is 19.8 Å². The molecule has 0 aliphatic carbocycles. The minimum absolute atomic E-state index is 0.105. The van der Waals surface area contributed by atoms with Crippen LogP contribution in [0.3, 0.4) is 0 Å². The van der Waals surface area contributed by atoms with Gasteiger partial charge < -0.3 is 10.2 Å². The lowest BCUT2D eigenvalue weighted by molar-refractivity contribution is 0.102. The third-order valence-electron chi connectivity index (χ3n) is 4.08. The van der Waals surface area contributed by atoms with Crippen molar-refractivity contribution in [1.82, 2.24) is 0 Å². The van der Waals surface area contributed by atoms with Crippen LogP contribution in [0.4, 0.5) is 15.8 Å². The van der Waals surface area contributed by atoms with E-state index < -0.39 is 5.82 Å². The molecular formula is C18H18ClFN2O. The maximum absolute atomic E-state index is 13.1. The molecule has 3 rings (SSSR count). The summed E-state index contributed by atoms with van der Waals surface area (Å²) >= 11 is 5.93. The van der Waals surface area contributed by atoms with Gasteiger partial charge in [-0.15, -0.1) is 0 Å². The summed E-state index contributed by atoms with van der Waals surface area (Å²) in [5, 5.41) is 2.92. The van der Waals surface area contributed by atoms with Crippen molar-refractivity contribution in [3.05, 3.63) is 58.4 Å². The zero-order valence-corrected chi connectivity index (χ0v) is 13.7. The van der Waals surface area contributed by atoms with Gasteiger partial charge in [-0.05, 0) is 61.7 Å². The van der Waals surface area contributed by atoms with Crippen molar-refractivity contribution >= 4 is 28.9 Å². The van der Waals surface area contributed by atoms with Gasteiger partial charge in [-0.3, -0.25) is 4.79 Å². The largest absolute Gasteiger partial charge is 0.371 e. The van der Waals surface area contributed by atoms with Crippen LogP contribution in [0.25, 0.3) is 0 Å². The Hall–Kier alpha value is -2.07. The third-order valence-corrected chi connectivity index (χ3v) is 4.39. The van der Waals surface area contributed by atoms with E-state index in [1.54, 1.807) is 0 Å². The highest BCUT2D eigenvalue weighted by molar-refractivity contribution is 6.34. The fraction of sp³-hybridized carbons (Fsp3) is 0.278. The van der Waals surface area contributed by atoms with Crippen molar-refractivity contribution in [3.63, 3.8) is 0 Å². The molecule has 2 aromatic carbocycles. The molecule has 0 atom stereocenters. The molecule has 1 saturated heterocycles. The van der Waals surface area contributed by atoms with Crippen LogP contribution in [0.5, 0.6) is 0 Å². The molecule has 1 aliphatic heterocycles. The molecule has 0 radical (unpaired) electrons. The molecule has 23 heavy (non-hydrogen) atoms. The molecule has 1 heterocycles. The Morgan fingerprint density at radius 2 is 1.91 bits per heavy atom. The van der Waals surface area contributed by atoms with Gasteiger partial charge in [-0.1, -0.05) is 11.6 Å². The normalized spacial score (nSPS) is 14.1. The first-order valence-electron chi connectivity index (χ1n) is 7.66. The third kappa shape index (κ3) is 3.48. The van der Waals surface area contributed by atoms with Gasteiger partial charge in [0.15, 0.2) is 0 Å². The Morgan fingerprint density at radius 1 is 1.17 bits per heavy atom. The van der Waals surface area contributed by atoms with Gasteiger partial charge in [-0.2, -0.15) is 0 Å². The number of hydrogen-bond donors (Lipinski definition) is 1. The lowest BCUT2D eigenvalue weighted by atomic mass is 10.1. The van der Waals surface area contributed by atoms with Crippen LogP contribution in [-0.2, 0) is 0 Å². The fourth-order valence-corrected chi connectivity index (χ4v) is 3.17. The van der Waals surface area contributed by atoms with Crippen molar-refractivity contribution in [1.29, 1.82) is 0 Å². The highest BCUT2D eigenvalue weighted by atomic mass is 35.5. The van der Waals surface area contributed by atoms with Crippen LogP contribution < -0.4 is 10.2 Å². The quantitative estimate of drug-likeness (QED) is 0.888. The summed E-state index contributed by atoms with van der Waals surface area (Å²) in [5.74, 6) is -0.805. The lowest BCUT2D eigenvalue weighted by Gasteiger charge is -2.20. The molecule has 1 N–H and O–H groups in total. The maximum atomic E-state index is 13.1. The Balaban J connectivity index is 1.77. The second-order valence-electron chi connectivity index (χ2n) is 5.77. The van der Waals surface area contributed by atoms with Crippen molar-refractivity contribution in [2.75, 3.05) is 23.3 Å². The highest BCUT2D eigenvalue weighted by Crippen LogP contribution is 2.27. The van der Waals surface area contributed by atoms with Crippen LogP contribution >= 0.6 is 11.6 Å². The van der Waals surface area contributed by atoms with Crippen LogP contribution in [0, 0.1) is 12.7 Å². The van der Waals surface area contributed by atoms with Crippen LogP contribution in [0.2, 0.25) is 5.02 Å². The summed E-state index contributed by atoms with van der Waals surface area (Å²) in [6.07, 6.45) is 2.45. The number of carbonyl (C=O) groups is 1. The predicted octanol–water partition coefficient (Wildman–Crippen LogP) is 4.64. The number of anilines is 2. The number of aryl methyl sites for hydroxylation is 1. The molecule has 2 aromatic rings. The first-order chi connectivity index (χ1) is 11.0. The van der Waals surface area contributed by atoms with E-state index >= 15 is 0 Å². The van der Waals surface area contributed by atoms with E-state index in [-0.39, 0.29) is 16.5 Å². The molecule has 0 spiro atoms. The lowest BCUT2D eigenvalue weighted by Crippen LogP contribution is -2.19. The SMILES string of the molecule is Cc1cc(NC(=O)c2ccc(F)cc2Cl)ccc1N1CCCC1. The zero-order chi connectivity index (χ0) is 16.4. The van der Waals surface area contributed by atoms with E-state index in [0.29, 0.717) is 5.69 Å². The first kappa shape index (κ1) is 15.8. The molecule has 0 unspecified atom stereocenters. The summed E-state index contributed by atoms with van der Waals surface area (Å²) in [5.41, 5.74) is 3.29. The molecular weight excluding hydrogens is 315 g/mol. The van der Waals surface area contributed by atoms with E-state index in [1.807, 2.05) is 25.1 Å². The predicted molar refractivity (Wildman–Crippen MR) is 92.0 cm³/mol. The van der Waals surface area contributed by atoms with Crippen molar-refractivity contribution in [2.24, 2.45) is 0 Å². The van der Waals surface area contributed by atoms with E-state index in [1.165, 1.54) is 30.7 Å². The van der Waals surface area contributed by atoms with Crippen LogP contribution in [0.1, 0.15) is 28.8 Å².